The number of ether oxygens (including phenoxy) is 3. The average molecular weight is 383 g/mol. The highest BCUT2D eigenvalue weighted by Gasteiger charge is 2.43. The zero-order chi connectivity index (χ0) is 19.3. The molecule has 7 nitrogen and oxygen atoms in total. The van der Waals surface area contributed by atoms with Crippen LogP contribution in [0, 0.1) is 25.7 Å². The molecule has 1 aliphatic carbocycles. The maximum absolute atomic E-state index is 10.7. The van der Waals surface area contributed by atoms with E-state index in [2.05, 4.69) is 28.9 Å². The Morgan fingerprint density at radius 3 is 2.75 bits per heavy atom. The molecule has 0 unspecified atom stereocenters. The highest BCUT2D eigenvalue weighted by molar-refractivity contribution is 5.49. The van der Waals surface area contributed by atoms with Crippen LogP contribution in [-0.2, 0) is 0 Å². The number of anilines is 1. The normalized spacial score (nSPS) is 28.3. The Labute approximate surface area is 164 Å². The molecule has 1 saturated carbocycles. The summed E-state index contributed by atoms with van der Waals surface area (Å²) in [5.41, 5.74) is 2.34. The van der Waals surface area contributed by atoms with E-state index in [0.717, 1.165) is 43.1 Å². The molecule has 28 heavy (non-hydrogen) atoms. The minimum Gasteiger partial charge on any atom is -0.488 e. The van der Waals surface area contributed by atoms with E-state index in [4.69, 9.17) is 14.2 Å². The Morgan fingerprint density at radius 1 is 1.11 bits per heavy atom. The van der Waals surface area contributed by atoms with E-state index in [1.165, 1.54) is 5.56 Å². The summed E-state index contributed by atoms with van der Waals surface area (Å²) < 4.78 is 16.9. The smallest absolute Gasteiger partial charge is 0.231 e. The first kappa shape index (κ1) is 17.6. The zero-order valence-electron chi connectivity index (χ0n) is 16.2. The van der Waals surface area contributed by atoms with Crippen LogP contribution in [0.5, 0.6) is 17.2 Å². The van der Waals surface area contributed by atoms with Crippen molar-refractivity contribution >= 4 is 5.82 Å². The van der Waals surface area contributed by atoms with Gasteiger partial charge in [0, 0.05) is 19.2 Å². The Bertz CT molecular complexity index is 890. The lowest BCUT2D eigenvalue weighted by Crippen LogP contribution is -2.42. The summed E-state index contributed by atoms with van der Waals surface area (Å²) in [6.07, 6.45) is 2.69. The van der Waals surface area contributed by atoms with E-state index < -0.39 is 6.10 Å². The lowest BCUT2D eigenvalue weighted by atomic mass is 9.78. The molecule has 1 saturated heterocycles. The highest BCUT2D eigenvalue weighted by atomic mass is 16.7. The minimum atomic E-state index is -0.476. The van der Waals surface area contributed by atoms with Crippen molar-refractivity contribution in [3.63, 3.8) is 0 Å². The van der Waals surface area contributed by atoms with Crippen LogP contribution in [0.25, 0.3) is 0 Å². The maximum atomic E-state index is 10.7. The predicted octanol–water partition coefficient (Wildman–Crippen LogP) is 2.48. The van der Waals surface area contributed by atoms with Gasteiger partial charge in [-0.1, -0.05) is 0 Å². The third-order valence-corrected chi connectivity index (χ3v) is 6.35. The molecular weight excluding hydrogens is 358 g/mol. The van der Waals surface area contributed by atoms with E-state index in [0.29, 0.717) is 23.3 Å². The number of aromatic nitrogens is 2. The van der Waals surface area contributed by atoms with Crippen LogP contribution in [0.1, 0.15) is 24.0 Å². The largest absolute Gasteiger partial charge is 0.488 e. The molecule has 2 aromatic rings. The molecule has 5 rings (SSSR count). The fourth-order valence-electron chi connectivity index (χ4n) is 4.63. The van der Waals surface area contributed by atoms with Crippen LogP contribution in [0.3, 0.4) is 0 Å². The summed E-state index contributed by atoms with van der Waals surface area (Å²) in [7, 11) is 0. The maximum Gasteiger partial charge on any atom is 0.231 e. The average Bonchev–Trinajstić information content (AvgIpc) is 3.30. The first-order valence-electron chi connectivity index (χ1n) is 9.86. The van der Waals surface area contributed by atoms with Crippen LogP contribution >= 0.6 is 0 Å². The SMILES string of the molecule is Cc1cnnc(N2C[C@H]3C[C@@H](Oc4ccc5c(c4)OCO5)[C@H](O)C[C@H]3C2)c1C. The van der Waals surface area contributed by atoms with Gasteiger partial charge in [0.1, 0.15) is 11.9 Å². The number of benzene rings is 1. The van der Waals surface area contributed by atoms with Crippen LogP contribution in [0.2, 0.25) is 0 Å². The number of hydrogen-bond acceptors (Lipinski definition) is 7. The molecule has 1 aromatic carbocycles. The molecule has 0 bridgehead atoms. The van der Waals surface area contributed by atoms with Crippen molar-refractivity contribution in [2.75, 3.05) is 24.8 Å². The standard InChI is InChI=1S/C21H25N3O4/c1-12-8-22-23-21(13(12)2)24-9-14-5-17(25)19(6-15(14)10-24)28-16-3-4-18-20(7-16)27-11-26-18/h3-4,7-8,14-15,17,19,25H,5-6,9-11H2,1-2H3/t14-,15+,17+,19+/m0/s1. The van der Waals surface area contributed by atoms with E-state index >= 15 is 0 Å². The van der Waals surface area contributed by atoms with Gasteiger partial charge in [-0.2, -0.15) is 5.10 Å². The molecule has 3 aliphatic rings. The van der Waals surface area contributed by atoms with Gasteiger partial charge in [0.15, 0.2) is 17.3 Å². The van der Waals surface area contributed by atoms with Crippen LogP contribution in [0.4, 0.5) is 5.82 Å². The lowest BCUT2D eigenvalue weighted by molar-refractivity contribution is -0.0232. The Morgan fingerprint density at radius 2 is 1.89 bits per heavy atom. The van der Waals surface area contributed by atoms with Crippen LogP contribution < -0.4 is 19.1 Å². The van der Waals surface area contributed by atoms with E-state index in [-0.39, 0.29) is 12.9 Å². The molecule has 3 heterocycles. The van der Waals surface area contributed by atoms with Crippen molar-refractivity contribution < 1.29 is 19.3 Å². The molecule has 0 spiro atoms. The van der Waals surface area contributed by atoms with Gasteiger partial charge in [-0.3, -0.25) is 0 Å². The third-order valence-electron chi connectivity index (χ3n) is 6.35. The molecule has 4 atom stereocenters. The van der Waals surface area contributed by atoms with Crippen molar-refractivity contribution in [2.45, 2.75) is 38.9 Å². The summed E-state index contributed by atoms with van der Waals surface area (Å²) in [4.78, 5) is 2.32. The first-order valence-corrected chi connectivity index (χ1v) is 9.86. The number of nitrogens with zero attached hydrogens (tertiary/aromatic N) is 3. The third kappa shape index (κ3) is 3.03. The second kappa shape index (κ2) is 6.81. The van der Waals surface area contributed by atoms with Crippen LogP contribution in [-0.4, -0.2) is 47.4 Å². The van der Waals surface area contributed by atoms with Gasteiger partial charge in [-0.15, -0.1) is 5.10 Å². The van der Waals surface area contributed by atoms with Gasteiger partial charge in [-0.25, -0.2) is 0 Å². The highest BCUT2D eigenvalue weighted by Crippen LogP contribution is 2.41. The van der Waals surface area contributed by atoms with Crippen molar-refractivity contribution in [1.29, 1.82) is 0 Å². The predicted molar refractivity (Wildman–Crippen MR) is 103 cm³/mol. The minimum absolute atomic E-state index is 0.216. The van der Waals surface area contributed by atoms with Gasteiger partial charge < -0.3 is 24.2 Å². The number of rotatable bonds is 3. The Hall–Kier alpha value is -2.54. The second-order valence-corrected chi connectivity index (χ2v) is 8.11. The summed E-state index contributed by atoms with van der Waals surface area (Å²) in [6.45, 7) is 6.25. The molecule has 2 aliphatic heterocycles. The van der Waals surface area contributed by atoms with Crippen molar-refractivity contribution in [3.8, 4) is 17.2 Å². The van der Waals surface area contributed by atoms with Crippen LogP contribution in [0.15, 0.2) is 24.4 Å². The molecule has 0 radical (unpaired) electrons. The van der Waals surface area contributed by atoms with Gasteiger partial charge in [0.05, 0.1) is 12.3 Å². The summed E-state index contributed by atoms with van der Waals surface area (Å²) in [5, 5.41) is 19.2. The van der Waals surface area contributed by atoms with E-state index in [9.17, 15) is 5.11 Å². The van der Waals surface area contributed by atoms with Crippen molar-refractivity contribution in [3.05, 3.63) is 35.5 Å². The monoisotopic (exact) mass is 383 g/mol. The Kier molecular flexibility index (Phi) is 4.27. The fraction of sp³-hybridized carbons (Fsp3) is 0.524. The number of aryl methyl sites for hydroxylation is 1. The first-order chi connectivity index (χ1) is 13.6. The molecule has 1 N–H and O–H groups in total. The molecule has 1 aromatic heterocycles. The summed E-state index contributed by atoms with van der Waals surface area (Å²) >= 11 is 0. The van der Waals surface area contributed by atoms with Gasteiger partial charge >= 0.3 is 0 Å². The number of aliphatic hydroxyl groups is 1. The van der Waals surface area contributed by atoms with E-state index in [1.54, 1.807) is 6.20 Å². The zero-order valence-corrected chi connectivity index (χ0v) is 16.2. The quantitative estimate of drug-likeness (QED) is 0.872. The van der Waals surface area contributed by atoms with Gasteiger partial charge in [0.25, 0.3) is 0 Å². The number of hydrogen-bond donors (Lipinski definition) is 1. The summed E-state index contributed by atoms with van der Waals surface area (Å²) in [5.74, 6) is 4.04. The summed E-state index contributed by atoms with van der Waals surface area (Å²) in [6, 6.07) is 5.57. The molecule has 7 heteroatoms. The second-order valence-electron chi connectivity index (χ2n) is 8.11. The topological polar surface area (TPSA) is 76.9 Å². The molecular formula is C21H25N3O4. The van der Waals surface area contributed by atoms with Gasteiger partial charge in [-0.05, 0) is 61.8 Å². The number of aliphatic hydroxyl groups excluding tert-OH is 1. The fourth-order valence-corrected chi connectivity index (χ4v) is 4.63. The molecule has 0 amide bonds. The van der Waals surface area contributed by atoms with Crippen molar-refractivity contribution in [2.24, 2.45) is 11.8 Å². The Balaban J connectivity index is 1.29. The van der Waals surface area contributed by atoms with E-state index in [1.807, 2.05) is 18.2 Å². The molecule has 148 valence electrons. The number of fused-ring (bicyclic) bond motifs is 2. The lowest BCUT2D eigenvalue weighted by Gasteiger charge is -2.35. The van der Waals surface area contributed by atoms with Gasteiger partial charge in [0.2, 0.25) is 6.79 Å². The molecule has 2 fully saturated rings. The van der Waals surface area contributed by atoms with Crippen molar-refractivity contribution in [1.82, 2.24) is 10.2 Å².